The molecule has 0 atom stereocenters. The summed E-state index contributed by atoms with van der Waals surface area (Å²) < 4.78 is 0. The Morgan fingerprint density at radius 2 is 2.00 bits per heavy atom. The van der Waals surface area contributed by atoms with Gasteiger partial charge in [0.25, 0.3) is 0 Å². The summed E-state index contributed by atoms with van der Waals surface area (Å²) in [6.45, 7) is 1.85. The van der Waals surface area contributed by atoms with E-state index in [0.717, 1.165) is 10.9 Å². The van der Waals surface area contributed by atoms with Crippen LogP contribution in [0.2, 0.25) is 10.0 Å². The third-order valence-corrected chi connectivity index (χ3v) is 2.76. The molecule has 78 valence electrons. The van der Waals surface area contributed by atoms with Crippen LogP contribution in [0.4, 0.5) is 0 Å². The van der Waals surface area contributed by atoms with Crippen LogP contribution in [0.5, 0.6) is 0 Å². The maximum atomic E-state index is 9.04. The van der Waals surface area contributed by atoms with Gasteiger partial charge < -0.3 is 5.11 Å². The van der Waals surface area contributed by atoms with E-state index < -0.39 is 0 Å². The van der Waals surface area contributed by atoms with E-state index in [0.29, 0.717) is 21.3 Å². The highest BCUT2D eigenvalue weighted by Crippen LogP contribution is 2.28. The fraction of sp³-hybridized carbons (Fsp3) is 0.182. The molecule has 0 aliphatic rings. The zero-order chi connectivity index (χ0) is 11.0. The van der Waals surface area contributed by atoms with Crippen molar-refractivity contribution in [2.45, 2.75) is 13.5 Å². The van der Waals surface area contributed by atoms with Gasteiger partial charge in [0.1, 0.15) is 0 Å². The number of hydrogen-bond acceptors (Lipinski definition) is 2. The third-order valence-electron chi connectivity index (χ3n) is 2.25. The lowest BCUT2D eigenvalue weighted by molar-refractivity contribution is 0.277. The zero-order valence-electron chi connectivity index (χ0n) is 8.09. The van der Waals surface area contributed by atoms with Crippen LogP contribution in [0.3, 0.4) is 0 Å². The van der Waals surface area contributed by atoms with Gasteiger partial charge in [0.05, 0.1) is 22.8 Å². The van der Waals surface area contributed by atoms with Crippen molar-refractivity contribution in [3.05, 3.63) is 39.5 Å². The Kier molecular flexibility index (Phi) is 2.83. The molecule has 0 bridgehead atoms. The van der Waals surface area contributed by atoms with Crippen molar-refractivity contribution >= 4 is 34.1 Å². The van der Waals surface area contributed by atoms with Crippen LogP contribution in [-0.4, -0.2) is 10.1 Å². The van der Waals surface area contributed by atoms with Crippen LogP contribution in [0.1, 0.15) is 11.3 Å². The molecular formula is C11H9Cl2NO. The number of nitrogens with zero attached hydrogens (tertiary/aromatic N) is 1. The molecule has 0 unspecified atom stereocenters. The Bertz CT molecular complexity index is 525. The molecule has 1 heterocycles. The number of aromatic nitrogens is 1. The normalized spacial score (nSPS) is 10.9. The van der Waals surface area contributed by atoms with E-state index in [1.807, 2.05) is 19.1 Å². The SMILES string of the molecule is Cc1cc(CO)nc2c(Cl)cc(Cl)cc12. The molecule has 0 spiro atoms. The zero-order valence-corrected chi connectivity index (χ0v) is 9.60. The largest absolute Gasteiger partial charge is 0.390 e. The molecule has 1 aromatic heterocycles. The number of hydrogen-bond donors (Lipinski definition) is 1. The molecule has 0 amide bonds. The summed E-state index contributed by atoms with van der Waals surface area (Å²) in [4.78, 5) is 4.25. The first-order chi connectivity index (χ1) is 7.11. The molecule has 2 rings (SSSR count). The summed E-state index contributed by atoms with van der Waals surface area (Å²) in [5.74, 6) is 0. The van der Waals surface area contributed by atoms with Crippen molar-refractivity contribution in [3.63, 3.8) is 0 Å². The summed E-state index contributed by atoms with van der Waals surface area (Å²) in [6, 6.07) is 5.31. The van der Waals surface area contributed by atoms with Gasteiger partial charge in [-0.15, -0.1) is 0 Å². The highest BCUT2D eigenvalue weighted by Gasteiger charge is 2.07. The number of aliphatic hydroxyl groups is 1. The fourth-order valence-electron chi connectivity index (χ4n) is 1.56. The fourth-order valence-corrected chi connectivity index (χ4v) is 2.10. The lowest BCUT2D eigenvalue weighted by Crippen LogP contribution is -1.93. The van der Waals surface area contributed by atoms with Gasteiger partial charge in [-0.05, 0) is 30.7 Å². The second-order valence-electron chi connectivity index (χ2n) is 3.37. The molecule has 0 radical (unpaired) electrons. The van der Waals surface area contributed by atoms with Crippen LogP contribution in [0.15, 0.2) is 18.2 Å². The van der Waals surface area contributed by atoms with Crippen LogP contribution < -0.4 is 0 Å². The van der Waals surface area contributed by atoms with Gasteiger partial charge in [-0.3, -0.25) is 0 Å². The molecule has 0 fully saturated rings. The smallest absolute Gasteiger partial charge is 0.0896 e. The van der Waals surface area contributed by atoms with E-state index in [1.54, 1.807) is 6.07 Å². The maximum absolute atomic E-state index is 9.04. The van der Waals surface area contributed by atoms with Crippen LogP contribution in [0, 0.1) is 6.92 Å². The van der Waals surface area contributed by atoms with Gasteiger partial charge in [-0.25, -0.2) is 4.98 Å². The number of aryl methyl sites for hydroxylation is 1. The molecule has 2 aromatic rings. The number of fused-ring (bicyclic) bond motifs is 1. The van der Waals surface area contributed by atoms with Crippen molar-refractivity contribution in [2.24, 2.45) is 0 Å². The average molecular weight is 242 g/mol. The molecule has 1 aromatic carbocycles. The van der Waals surface area contributed by atoms with E-state index >= 15 is 0 Å². The lowest BCUT2D eigenvalue weighted by atomic mass is 10.1. The van der Waals surface area contributed by atoms with Gasteiger partial charge in [-0.2, -0.15) is 0 Å². The predicted octanol–water partition coefficient (Wildman–Crippen LogP) is 3.34. The van der Waals surface area contributed by atoms with E-state index in [2.05, 4.69) is 4.98 Å². The van der Waals surface area contributed by atoms with E-state index in [-0.39, 0.29) is 6.61 Å². The van der Waals surface area contributed by atoms with Gasteiger partial charge in [0, 0.05) is 10.4 Å². The van der Waals surface area contributed by atoms with Gasteiger partial charge >= 0.3 is 0 Å². The molecule has 4 heteroatoms. The van der Waals surface area contributed by atoms with E-state index in [1.165, 1.54) is 0 Å². The van der Waals surface area contributed by atoms with Crippen LogP contribution >= 0.6 is 23.2 Å². The minimum Gasteiger partial charge on any atom is -0.390 e. The molecule has 0 aliphatic carbocycles. The molecule has 0 saturated carbocycles. The predicted molar refractivity (Wildman–Crippen MR) is 62.4 cm³/mol. The quantitative estimate of drug-likeness (QED) is 0.831. The maximum Gasteiger partial charge on any atom is 0.0896 e. The first kappa shape index (κ1) is 10.7. The summed E-state index contributed by atoms with van der Waals surface area (Å²) >= 11 is 11.9. The summed E-state index contributed by atoms with van der Waals surface area (Å²) in [5.41, 5.74) is 2.31. The van der Waals surface area contributed by atoms with Crippen molar-refractivity contribution in [1.82, 2.24) is 4.98 Å². The molecule has 0 aliphatic heterocycles. The summed E-state index contributed by atoms with van der Waals surface area (Å²) in [7, 11) is 0. The van der Waals surface area contributed by atoms with Crippen molar-refractivity contribution in [2.75, 3.05) is 0 Å². The van der Waals surface area contributed by atoms with E-state index in [9.17, 15) is 0 Å². The standard InChI is InChI=1S/C11H9Cl2NO/c1-6-2-8(5-15)14-11-9(6)3-7(12)4-10(11)13/h2-4,15H,5H2,1H3. The van der Waals surface area contributed by atoms with Crippen molar-refractivity contribution in [1.29, 1.82) is 0 Å². The van der Waals surface area contributed by atoms with Gasteiger partial charge in [0.15, 0.2) is 0 Å². The molecular weight excluding hydrogens is 233 g/mol. The highest BCUT2D eigenvalue weighted by atomic mass is 35.5. The number of aliphatic hydroxyl groups excluding tert-OH is 1. The third kappa shape index (κ3) is 1.93. The number of pyridine rings is 1. The second-order valence-corrected chi connectivity index (χ2v) is 4.22. The minimum absolute atomic E-state index is 0.0876. The van der Waals surface area contributed by atoms with E-state index in [4.69, 9.17) is 28.3 Å². The van der Waals surface area contributed by atoms with Crippen LogP contribution in [-0.2, 0) is 6.61 Å². The minimum atomic E-state index is -0.0876. The monoisotopic (exact) mass is 241 g/mol. The summed E-state index contributed by atoms with van der Waals surface area (Å²) in [5, 5.41) is 11.1. The number of benzene rings is 1. The summed E-state index contributed by atoms with van der Waals surface area (Å²) in [6.07, 6.45) is 0. The lowest BCUT2D eigenvalue weighted by Gasteiger charge is -2.06. The van der Waals surface area contributed by atoms with Gasteiger partial charge in [-0.1, -0.05) is 23.2 Å². The number of rotatable bonds is 1. The first-order valence-corrected chi connectivity index (χ1v) is 5.23. The van der Waals surface area contributed by atoms with Crippen LogP contribution in [0.25, 0.3) is 10.9 Å². The Morgan fingerprint density at radius 3 is 2.67 bits per heavy atom. The van der Waals surface area contributed by atoms with Crippen molar-refractivity contribution in [3.8, 4) is 0 Å². The Hall–Kier alpha value is -0.830. The number of halogens is 2. The van der Waals surface area contributed by atoms with Crippen molar-refractivity contribution < 1.29 is 5.11 Å². The first-order valence-electron chi connectivity index (χ1n) is 4.48. The molecule has 0 saturated heterocycles. The van der Waals surface area contributed by atoms with Gasteiger partial charge in [0.2, 0.25) is 0 Å². The Balaban J connectivity index is 2.85. The highest BCUT2D eigenvalue weighted by molar-refractivity contribution is 6.38. The average Bonchev–Trinajstić information content (AvgIpc) is 2.19. The second kappa shape index (κ2) is 3.97. The molecule has 2 nitrogen and oxygen atoms in total. The topological polar surface area (TPSA) is 33.1 Å². The Labute approximate surface area is 97.5 Å². The molecule has 15 heavy (non-hydrogen) atoms. The Morgan fingerprint density at radius 1 is 1.27 bits per heavy atom. The molecule has 1 N–H and O–H groups in total.